The molecule has 0 aromatic heterocycles. The van der Waals surface area contributed by atoms with Crippen molar-refractivity contribution >= 4 is 0 Å². The van der Waals surface area contributed by atoms with E-state index in [2.05, 4.69) is 19.8 Å². The Morgan fingerprint density at radius 3 is 2.53 bits per heavy atom. The lowest BCUT2D eigenvalue weighted by Gasteiger charge is -2.36. The third kappa shape index (κ3) is 4.26. The molecule has 0 heterocycles. The molecule has 2 N–H and O–H groups in total. The quantitative estimate of drug-likeness (QED) is 0.555. The molecule has 15 heavy (non-hydrogen) atoms. The van der Waals surface area contributed by atoms with Crippen molar-refractivity contribution in [3.8, 4) is 12.3 Å². The van der Waals surface area contributed by atoms with Gasteiger partial charge in [0.25, 0.3) is 0 Å². The van der Waals surface area contributed by atoms with Crippen LogP contribution in [0.1, 0.15) is 58.8 Å². The van der Waals surface area contributed by atoms with Crippen LogP contribution < -0.4 is 5.73 Å². The summed E-state index contributed by atoms with van der Waals surface area (Å²) in [6, 6.07) is 0.384. The summed E-state index contributed by atoms with van der Waals surface area (Å²) in [5.41, 5.74) is 6.76. The van der Waals surface area contributed by atoms with Crippen molar-refractivity contribution in [2.75, 3.05) is 0 Å². The van der Waals surface area contributed by atoms with Gasteiger partial charge >= 0.3 is 0 Å². The van der Waals surface area contributed by atoms with E-state index in [4.69, 9.17) is 12.2 Å². The van der Waals surface area contributed by atoms with Gasteiger partial charge in [-0.25, -0.2) is 0 Å². The van der Waals surface area contributed by atoms with Gasteiger partial charge in [-0.1, -0.05) is 13.8 Å². The Labute approximate surface area is 94.8 Å². The fourth-order valence-electron chi connectivity index (χ4n) is 2.53. The molecule has 1 saturated carbocycles. The molecule has 0 aromatic carbocycles. The van der Waals surface area contributed by atoms with E-state index in [1.165, 1.54) is 25.7 Å². The molecule has 0 saturated heterocycles. The Morgan fingerprint density at radius 2 is 2.00 bits per heavy atom. The first-order valence-electron chi connectivity index (χ1n) is 6.24. The fraction of sp³-hybridized carbons (Fsp3) is 0.857. The van der Waals surface area contributed by atoms with Crippen molar-refractivity contribution in [2.45, 2.75) is 64.8 Å². The van der Waals surface area contributed by atoms with Gasteiger partial charge in [-0.3, -0.25) is 0 Å². The molecule has 0 amide bonds. The number of hydrogen-bond donors (Lipinski definition) is 1. The highest BCUT2D eigenvalue weighted by Crippen LogP contribution is 2.39. The lowest BCUT2D eigenvalue weighted by atomic mass is 9.71. The summed E-state index contributed by atoms with van der Waals surface area (Å²) in [4.78, 5) is 0. The molecular formula is C14H25N. The third-order valence-electron chi connectivity index (χ3n) is 3.85. The smallest absolute Gasteiger partial charge is 0.00866 e. The second-order valence-electron chi connectivity index (χ2n) is 5.76. The van der Waals surface area contributed by atoms with Crippen LogP contribution >= 0.6 is 0 Å². The zero-order chi connectivity index (χ0) is 11.3. The fourth-order valence-corrected chi connectivity index (χ4v) is 2.53. The molecule has 0 spiro atoms. The summed E-state index contributed by atoms with van der Waals surface area (Å²) in [5.74, 6) is 3.43. The van der Waals surface area contributed by atoms with Crippen molar-refractivity contribution in [3.63, 3.8) is 0 Å². The van der Waals surface area contributed by atoms with Crippen LogP contribution in [0, 0.1) is 23.7 Å². The third-order valence-corrected chi connectivity index (χ3v) is 3.85. The molecule has 1 rings (SSSR count). The van der Waals surface area contributed by atoms with Gasteiger partial charge in [0.15, 0.2) is 0 Å². The molecule has 0 aromatic rings. The second-order valence-corrected chi connectivity index (χ2v) is 5.76. The highest BCUT2D eigenvalue weighted by atomic mass is 14.7. The van der Waals surface area contributed by atoms with E-state index < -0.39 is 0 Å². The van der Waals surface area contributed by atoms with Crippen molar-refractivity contribution in [1.82, 2.24) is 0 Å². The van der Waals surface area contributed by atoms with E-state index in [1.807, 2.05) is 0 Å². The maximum absolute atomic E-state index is 6.21. The minimum Gasteiger partial charge on any atom is -0.327 e. The first-order chi connectivity index (χ1) is 7.05. The molecule has 1 heteroatoms. The molecule has 0 radical (unpaired) electrons. The monoisotopic (exact) mass is 207 g/mol. The molecule has 1 atom stereocenters. The van der Waals surface area contributed by atoms with Gasteiger partial charge in [0.05, 0.1) is 0 Å². The summed E-state index contributed by atoms with van der Waals surface area (Å²) in [6.45, 7) is 4.74. The zero-order valence-electron chi connectivity index (χ0n) is 10.3. The average Bonchev–Trinajstić information content (AvgIpc) is 2.18. The maximum atomic E-state index is 6.21. The predicted molar refractivity (Wildman–Crippen MR) is 66.4 cm³/mol. The molecule has 86 valence electrons. The van der Waals surface area contributed by atoms with Crippen LogP contribution in [0.4, 0.5) is 0 Å². The summed E-state index contributed by atoms with van der Waals surface area (Å²) < 4.78 is 0. The van der Waals surface area contributed by atoms with Crippen LogP contribution in [0.3, 0.4) is 0 Å². The van der Waals surface area contributed by atoms with Crippen LogP contribution in [0.5, 0.6) is 0 Å². The Kier molecular flexibility index (Phi) is 4.67. The summed E-state index contributed by atoms with van der Waals surface area (Å²) >= 11 is 0. The summed E-state index contributed by atoms with van der Waals surface area (Å²) in [5, 5.41) is 0. The molecule has 0 bridgehead atoms. The van der Waals surface area contributed by atoms with Gasteiger partial charge in [0, 0.05) is 12.5 Å². The van der Waals surface area contributed by atoms with E-state index in [1.54, 1.807) is 0 Å². The lowest BCUT2D eigenvalue weighted by Crippen LogP contribution is -2.34. The Bertz CT molecular complexity index is 214. The van der Waals surface area contributed by atoms with E-state index in [0.29, 0.717) is 11.5 Å². The highest BCUT2D eigenvalue weighted by molar-refractivity contribution is 4.86. The standard InChI is InChI=1S/C14H25N/c1-4-5-6-7-13(15)12-8-10-14(2,3)11-9-12/h1,12-13H,5-11,15H2,2-3H3. The SMILES string of the molecule is C#CCCCC(N)C1CCC(C)(C)CC1. The lowest BCUT2D eigenvalue weighted by molar-refractivity contribution is 0.170. The van der Waals surface area contributed by atoms with Crippen LogP contribution in [-0.4, -0.2) is 6.04 Å². The van der Waals surface area contributed by atoms with Crippen LogP contribution in [0.25, 0.3) is 0 Å². The number of rotatable bonds is 4. The first-order valence-corrected chi connectivity index (χ1v) is 6.24. The van der Waals surface area contributed by atoms with Crippen molar-refractivity contribution in [1.29, 1.82) is 0 Å². The van der Waals surface area contributed by atoms with E-state index in [0.717, 1.165) is 25.2 Å². The molecule has 0 aliphatic heterocycles. The van der Waals surface area contributed by atoms with E-state index in [-0.39, 0.29) is 0 Å². The van der Waals surface area contributed by atoms with Crippen LogP contribution in [-0.2, 0) is 0 Å². The van der Waals surface area contributed by atoms with Gasteiger partial charge in [0.2, 0.25) is 0 Å². The van der Waals surface area contributed by atoms with Crippen molar-refractivity contribution in [2.24, 2.45) is 17.1 Å². The molecular weight excluding hydrogens is 182 g/mol. The van der Waals surface area contributed by atoms with E-state index >= 15 is 0 Å². The van der Waals surface area contributed by atoms with Gasteiger partial charge in [-0.2, -0.15) is 0 Å². The topological polar surface area (TPSA) is 26.0 Å². The summed E-state index contributed by atoms with van der Waals surface area (Å²) in [7, 11) is 0. The number of unbranched alkanes of at least 4 members (excludes halogenated alkanes) is 1. The van der Waals surface area contributed by atoms with Crippen molar-refractivity contribution < 1.29 is 0 Å². The molecule has 1 fully saturated rings. The Morgan fingerprint density at radius 1 is 1.40 bits per heavy atom. The number of nitrogens with two attached hydrogens (primary N) is 1. The first kappa shape index (κ1) is 12.6. The Hall–Kier alpha value is -0.480. The minimum atomic E-state index is 0.384. The average molecular weight is 207 g/mol. The number of terminal acetylenes is 1. The normalized spacial score (nSPS) is 23.3. The van der Waals surface area contributed by atoms with Gasteiger partial charge in [-0.05, 0) is 49.9 Å². The highest BCUT2D eigenvalue weighted by Gasteiger charge is 2.29. The van der Waals surface area contributed by atoms with Crippen LogP contribution in [0.15, 0.2) is 0 Å². The zero-order valence-corrected chi connectivity index (χ0v) is 10.3. The molecule has 1 unspecified atom stereocenters. The van der Waals surface area contributed by atoms with Crippen molar-refractivity contribution in [3.05, 3.63) is 0 Å². The Balaban J connectivity index is 2.24. The predicted octanol–water partition coefficient (Wildman–Crippen LogP) is 3.33. The van der Waals surface area contributed by atoms with Gasteiger partial charge in [0.1, 0.15) is 0 Å². The molecule has 1 nitrogen and oxygen atoms in total. The van der Waals surface area contributed by atoms with Gasteiger partial charge in [-0.15, -0.1) is 12.3 Å². The van der Waals surface area contributed by atoms with Crippen LogP contribution in [0.2, 0.25) is 0 Å². The molecule has 1 aliphatic rings. The molecule has 1 aliphatic carbocycles. The maximum Gasteiger partial charge on any atom is 0.00866 e. The van der Waals surface area contributed by atoms with Gasteiger partial charge < -0.3 is 5.73 Å². The summed E-state index contributed by atoms with van der Waals surface area (Å²) in [6.07, 6.45) is 13.6. The second kappa shape index (κ2) is 5.56. The number of hydrogen-bond acceptors (Lipinski definition) is 1. The largest absolute Gasteiger partial charge is 0.327 e. The van der Waals surface area contributed by atoms with E-state index in [9.17, 15) is 0 Å². The minimum absolute atomic E-state index is 0.384.